The van der Waals surface area contributed by atoms with Crippen molar-refractivity contribution < 1.29 is 18.7 Å². The van der Waals surface area contributed by atoms with Crippen molar-refractivity contribution in [2.24, 2.45) is 0 Å². The summed E-state index contributed by atoms with van der Waals surface area (Å²) >= 11 is 0. The van der Waals surface area contributed by atoms with E-state index >= 15 is 0 Å². The first kappa shape index (κ1) is 13.2. The topological polar surface area (TPSA) is 61.6 Å². The van der Waals surface area contributed by atoms with E-state index in [2.05, 4.69) is 9.72 Å². The van der Waals surface area contributed by atoms with E-state index in [4.69, 9.17) is 9.15 Å². The molecule has 0 fully saturated rings. The smallest absolute Gasteiger partial charge is 0.337 e. The van der Waals surface area contributed by atoms with E-state index in [1.54, 1.807) is 25.3 Å². The molecule has 0 radical (unpaired) electrons. The molecule has 3 aromatic rings. The molecule has 0 bridgehead atoms. The SMILES string of the molecule is COC(=O)c1ccc2nc(-c3cccc(OC)c3)oc2c1. The van der Waals surface area contributed by atoms with Crippen molar-refractivity contribution >= 4 is 17.1 Å². The minimum absolute atomic E-state index is 0.406. The average Bonchev–Trinajstić information content (AvgIpc) is 2.97. The van der Waals surface area contributed by atoms with Crippen molar-refractivity contribution in [2.45, 2.75) is 0 Å². The molecule has 2 aromatic carbocycles. The lowest BCUT2D eigenvalue weighted by atomic mass is 10.2. The number of rotatable bonds is 3. The maximum absolute atomic E-state index is 11.5. The molecule has 0 amide bonds. The standard InChI is InChI=1S/C16H13NO4/c1-19-12-5-3-4-10(8-12)15-17-13-7-6-11(16(18)20-2)9-14(13)21-15/h3-9H,1-2H3. The molecule has 0 saturated heterocycles. The fraction of sp³-hybridized carbons (Fsp3) is 0.125. The lowest BCUT2D eigenvalue weighted by Crippen LogP contribution is -2.00. The lowest BCUT2D eigenvalue weighted by molar-refractivity contribution is 0.0601. The summed E-state index contributed by atoms with van der Waals surface area (Å²) in [6.07, 6.45) is 0. The van der Waals surface area contributed by atoms with Gasteiger partial charge in [-0.25, -0.2) is 9.78 Å². The summed E-state index contributed by atoms with van der Waals surface area (Å²) in [6, 6.07) is 12.4. The predicted octanol–water partition coefficient (Wildman–Crippen LogP) is 3.29. The summed E-state index contributed by atoms with van der Waals surface area (Å²) in [6.45, 7) is 0. The summed E-state index contributed by atoms with van der Waals surface area (Å²) < 4.78 is 15.6. The molecule has 1 heterocycles. The minimum atomic E-state index is -0.406. The second kappa shape index (κ2) is 5.28. The van der Waals surface area contributed by atoms with Crippen LogP contribution in [-0.4, -0.2) is 25.2 Å². The predicted molar refractivity (Wildman–Crippen MR) is 77.3 cm³/mol. The van der Waals surface area contributed by atoms with Gasteiger partial charge in [-0.2, -0.15) is 0 Å². The molecule has 0 unspecified atom stereocenters. The Kier molecular flexibility index (Phi) is 3.31. The molecule has 106 valence electrons. The Bertz CT molecular complexity index is 807. The molecular formula is C16H13NO4. The molecular weight excluding hydrogens is 270 g/mol. The highest BCUT2D eigenvalue weighted by Crippen LogP contribution is 2.27. The number of carbonyl (C=O) groups is 1. The number of oxazole rings is 1. The van der Waals surface area contributed by atoms with Crippen LogP contribution in [0.25, 0.3) is 22.6 Å². The third-order valence-electron chi connectivity index (χ3n) is 3.13. The fourth-order valence-corrected chi connectivity index (χ4v) is 2.05. The third-order valence-corrected chi connectivity index (χ3v) is 3.13. The van der Waals surface area contributed by atoms with Crippen LogP contribution in [0.15, 0.2) is 46.9 Å². The van der Waals surface area contributed by atoms with Gasteiger partial charge in [0, 0.05) is 5.56 Å². The van der Waals surface area contributed by atoms with Gasteiger partial charge in [-0.05, 0) is 36.4 Å². The first-order valence-electron chi connectivity index (χ1n) is 6.34. The van der Waals surface area contributed by atoms with E-state index in [-0.39, 0.29) is 0 Å². The van der Waals surface area contributed by atoms with Gasteiger partial charge in [-0.3, -0.25) is 0 Å². The van der Waals surface area contributed by atoms with Crippen LogP contribution in [0.1, 0.15) is 10.4 Å². The van der Waals surface area contributed by atoms with E-state index in [9.17, 15) is 4.79 Å². The summed E-state index contributed by atoms with van der Waals surface area (Å²) in [5.74, 6) is 0.798. The highest BCUT2D eigenvalue weighted by atomic mass is 16.5. The first-order valence-corrected chi connectivity index (χ1v) is 6.34. The zero-order valence-electron chi connectivity index (χ0n) is 11.6. The van der Waals surface area contributed by atoms with Crippen molar-refractivity contribution in [3.05, 3.63) is 48.0 Å². The van der Waals surface area contributed by atoms with Gasteiger partial charge in [-0.15, -0.1) is 0 Å². The van der Waals surface area contributed by atoms with Crippen LogP contribution in [0.4, 0.5) is 0 Å². The molecule has 0 aliphatic carbocycles. The fourth-order valence-electron chi connectivity index (χ4n) is 2.05. The van der Waals surface area contributed by atoms with Crippen LogP contribution in [0.2, 0.25) is 0 Å². The number of methoxy groups -OCH3 is 2. The Hall–Kier alpha value is -2.82. The largest absolute Gasteiger partial charge is 0.497 e. The highest BCUT2D eigenvalue weighted by Gasteiger charge is 2.12. The van der Waals surface area contributed by atoms with E-state index in [1.165, 1.54) is 7.11 Å². The zero-order valence-corrected chi connectivity index (χ0v) is 11.6. The minimum Gasteiger partial charge on any atom is -0.497 e. The van der Waals surface area contributed by atoms with Crippen LogP contribution >= 0.6 is 0 Å². The number of aromatic nitrogens is 1. The second-order valence-electron chi connectivity index (χ2n) is 4.43. The number of carbonyl (C=O) groups excluding carboxylic acids is 1. The van der Waals surface area contributed by atoms with Crippen molar-refractivity contribution in [3.63, 3.8) is 0 Å². The maximum Gasteiger partial charge on any atom is 0.337 e. The Labute approximate surface area is 121 Å². The monoisotopic (exact) mass is 283 g/mol. The number of ether oxygens (including phenoxy) is 2. The van der Waals surface area contributed by atoms with Crippen LogP contribution in [-0.2, 0) is 4.74 Å². The van der Waals surface area contributed by atoms with Gasteiger partial charge in [0.25, 0.3) is 0 Å². The molecule has 1 aromatic heterocycles. The number of fused-ring (bicyclic) bond motifs is 1. The quantitative estimate of drug-likeness (QED) is 0.690. The van der Waals surface area contributed by atoms with Crippen molar-refractivity contribution in [1.29, 1.82) is 0 Å². The lowest BCUT2D eigenvalue weighted by Gasteiger charge is -2.00. The highest BCUT2D eigenvalue weighted by molar-refractivity contribution is 5.93. The van der Waals surface area contributed by atoms with E-state index in [0.717, 1.165) is 11.3 Å². The van der Waals surface area contributed by atoms with Gasteiger partial charge in [0.1, 0.15) is 11.3 Å². The van der Waals surface area contributed by atoms with Gasteiger partial charge in [0.05, 0.1) is 19.8 Å². The van der Waals surface area contributed by atoms with Gasteiger partial charge >= 0.3 is 5.97 Å². The zero-order chi connectivity index (χ0) is 14.8. The summed E-state index contributed by atoms with van der Waals surface area (Å²) in [7, 11) is 2.95. The second-order valence-corrected chi connectivity index (χ2v) is 4.43. The van der Waals surface area contributed by atoms with E-state index in [0.29, 0.717) is 22.6 Å². The third kappa shape index (κ3) is 2.45. The summed E-state index contributed by atoms with van der Waals surface area (Å²) in [5.41, 5.74) is 2.46. The number of nitrogens with zero attached hydrogens (tertiary/aromatic N) is 1. The Morgan fingerprint density at radius 3 is 2.76 bits per heavy atom. The average molecular weight is 283 g/mol. The van der Waals surface area contributed by atoms with E-state index < -0.39 is 5.97 Å². The van der Waals surface area contributed by atoms with Gasteiger partial charge in [-0.1, -0.05) is 6.07 Å². The summed E-state index contributed by atoms with van der Waals surface area (Å²) in [5, 5.41) is 0. The van der Waals surface area contributed by atoms with Crippen LogP contribution < -0.4 is 4.74 Å². The van der Waals surface area contributed by atoms with Gasteiger partial charge < -0.3 is 13.9 Å². The van der Waals surface area contributed by atoms with Gasteiger partial charge in [0.15, 0.2) is 5.58 Å². The number of hydrogen-bond donors (Lipinski definition) is 0. The number of hydrogen-bond acceptors (Lipinski definition) is 5. The molecule has 0 spiro atoms. The van der Waals surface area contributed by atoms with Crippen molar-refractivity contribution in [3.8, 4) is 17.2 Å². The molecule has 0 N–H and O–H groups in total. The van der Waals surface area contributed by atoms with Crippen LogP contribution in [0.5, 0.6) is 5.75 Å². The Morgan fingerprint density at radius 1 is 1.14 bits per heavy atom. The number of benzene rings is 2. The molecule has 5 heteroatoms. The van der Waals surface area contributed by atoms with Crippen LogP contribution in [0.3, 0.4) is 0 Å². The van der Waals surface area contributed by atoms with Crippen molar-refractivity contribution in [2.75, 3.05) is 14.2 Å². The molecule has 0 aliphatic rings. The molecule has 3 rings (SSSR count). The molecule has 5 nitrogen and oxygen atoms in total. The number of esters is 1. The Morgan fingerprint density at radius 2 is 2.00 bits per heavy atom. The molecule has 0 saturated carbocycles. The first-order chi connectivity index (χ1) is 10.2. The summed E-state index contributed by atoms with van der Waals surface area (Å²) in [4.78, 5) is 15.9. The maximum atomic E-state index is 11.5. The molecule has 21 heavy (non-hydrogen) atoms. The van der Waals surface area contributed by atoms with Gasteiger partial charge in [0.2, 0.25) is 5.89 Å². The van der Waals surface area contributed by atoms with Crippen LogP contribution in [0, 0.1) is 0 Å². The molecule has 0 aliphatic heterocycles. The van der Waals surface area contributed by atoms with Crippen molar-refractivity contribution in [1.82, 2.24) is 4.98 Å². The normalized spacial score (nSPS) is 10.6. The molecule has 0 atom stereocenters. The van der Waals surface area contributed by atoms with E-state index in [1.807, 2.05) is 24.3 Å². The Balaban J connectivity index is 2.06.